The molecule has 31 heavy (non-hydrogen) atoms. The van der Waals surface area contributed by atoms with Crippen molar-refractivity contribution in [3.05, 3.63) is 0 Å². The number of nitrogens with one attached hydrogen (secondary N) is 2. The number of amides is 1. The van der Waals surface area contributed by atoms with Crippen LogP contribution in [0.3, 0.4) is 0 Å². The molecule has 0 aromatic rings. The van der Waals surface area contributed by atoms with Crippen molar-refractivity contribution in [3.63, 3.8) is 0 Å². The summed E-state index contributed by atoms with van der Waals surface area (Å²) in [5.41, 5.74) is 0. The first-order chi connectivity index (χ1) is 15.0. The molecular formula is C26H46N4O. The lowest BCUT2D eigenvalue weighted by molar-refractivity contribution is -0.127. The molecule has 6 rings (SSSR count). The monoisotopic (exact) mass is 430 g/mol. The molecule has 5 heteroatoms. The van der Waals surface area contributed by atoms with Gasteiger partial charge in [-0.05, 0) is 115 Å². The van der Waals surface area contributed by atoms with E-state index in [-0.39, 0.29) is 18.0 Å². The van der Waals surface area contributed by atoms with Crippen LogP contribution in [-0.2, 0) is 4.79 Å². The highest BCUT2D eigenvalue weighted by Gasteiger charge is 2.50. The van der Waals surface area contributed by atoms with Gasteiger partial charge in [-0.25, -0.2) is 0 Å². The van der Waals surface area contributed by atoms with Gasteiger partial charge in [-0.15, -0.1) is 0 Å². The van der Waals surface area contributed by atoms with Gasteiger partial charge in [0.2, 0.25) is 5.91 Å². The van der Waals surface area contributed by atoms with Crippen molar-refractivity contribution in [2.45, 2.75) is 109 Å². The van der Waals surface area contributed by atoms with E-state index in [9.17, 15) is 4.79 Å². The van der Waals surface area contributed by atoms with Crippen LogP contribution >= 0.6 is 0 Å². The Kier molecular flexibility index (Phi) is 6.65. The van der Waals surface area contributed by atoms with Gasteiger partial charge < -0.3 is 15.5 Å². The molecule has 4 saturated carbocycles. The van der Waals surface area contributed by atoms with Crippen LogP contribution in [0.5, 0.6) is 0 Å². The molecule has 1 amide bonds. The van der Waals surface area contributed by atoms with Crippen LogP contribution in [-0.4, -0.2) is 72.1 Å². The van der Waals surface area contributed by atoms with Gasteiger partial charge in [0, 0.05) is 30.7 Å². The Labute approximate surface area is 190 Å². The normalized spacial score (nSPS) is 41.4. The van der Waals surface area contributed by atoms with Gasteiger partial charge in [0.05, 0.1) is 6.04 Å². The minimum Gasteiger partial charge on any atom is -0.353 e. The topological polar surface area (TPSA) is 47.6 Å². The van der Waals surface area contributed by atoms with Crippen molar-refractivity contribution in [2.24, 2.45) is 23.7 Å². The molecule has 4 aliphatic carbocycles. The predicted molar refractivity (Wildman–Crippen MR) is 126 cm³/mol. The maximum atomic E-state index is 13.2. The second-order valence-electron chi connectivity index (χ2n) is 12.0. The van der Waals surface area contributed by atoms with Gasteiger partial charge >= 0.3 is 0 Å². The molecule has 0 aromatic carbocycles. The average molecular weight is 431 g/mol. The van der Waals surface area contributed by atoms with Crippen molar-refractivity contribution < 1.29 is 4.79 Å². The summed E-state index contributed by atoms with van der Waals surface area (Å²) >= 11 is 0. The summed E-state index contributed by atoms with van der Waals surface area (Å²) in [6.45, 7) is 11.1. The fourth-order valence-corrected chi connectivity index (χ4v) is 8.28. The summed E-state index contributed by atoms with van der Waals surface area (Å²) in [6, 6.07) is 2.05. The summed E-state index contributed by atoms with van der Waals surface area (Å²) in [6.07, 6.45) is 12.1. The minimum absolute atomic E-state index is 0.0551. The van der Waals surface area contributed by atoms with Crippen molar-refractivity contribution in [1.29, 1.82) is 0 Å². The number of rotatable bonds is 7. The highest BCUT2D eigenvalue weighted by molar-refractivity contribution is 5.82. The quantitative estimate of drug-likeness (QED) is 0.651. The van der Waals surface area contributed by atoms with Crippen molar-refractivity contribution in [2.75, 3.05) is 26.2 Å². The Morgan fingerprint density at radius 3 is 2.19 bits per heavy atom. The zero-order valence-electron chi connectivity index (χ0n) is 20.2. The molecule has 5 nitrogen and oxygen atoms in total. The first-order valence-corrected chi connectivity index (χ1v) is 13.5. The lowest BCUT2D eigenvalue weighted by atomic mass is 9.54. The molecule has 176 valence electrons. The standard InChI is InChI=1S/C26H46N4O/c1-4-7-29-8-5-23(6-9-29)30-16-22(15-24(30)26(31)27-17(2)3)28-25-20-11-18-10-19(13-20)14-21(25)12-18/h17-25,28H,4-16H2,1-3H3,(H,27,31)/t18?,19?,20?,21?,22-,24+,25?/m1/s1. The zero-order valence-corrected chi connectivity index (χ0v) is 20.2. The van der Waals surface area contributed by atoms with Crippen LogP contribution in [0.25, 0.3) is 0 Å². The molecule has 0 aromatic heterocycles. The molecule has 4 bridgehead atoms. The number of carbonyl (C=O) groups excluding carboxylic acids is 1. The number of hydrogen-bond donors (Lipinski definition) is 2. The third kappa shape index (κ3) is 4.70. The number of nitrogens with zero attached hydrogens (tertiary/aromatic N) is 2. The third-order valence-corrected chi connectivity index (χ3v) is 9.29. The van der Waals surface area contributed by atoms with E-state index in [1.807, 2.05) is 0 Å². The second kappa shape index (κ2) is 9.30. The largest absolute Gasteiger partial charge is 0.353 e. The molecule has 6 fully saturated rings. The maximum Gasteiger partial charge on any atom is 0.237 e. The first-order valence-electron chi connectivity index (χ1n) is 13.5. The van der Waals surface area contributed by atoms with E-state index < -0.39 is 0 Å². The van der Waals surface area contributed by atoms with Crippen LogP contribution in [0.15, 0.2) is 0 Å². The third-order valence-electron chi connectivity index (χ3n) is 9.29. The summed E-state index contributed by atoms with van der Waals surface area (Å²) in [5, 5.41) is 7.40. The molecule has 2 heterocycles. The van der Waals surface area contributed by atoms with Crippen LogP contribution < -0.4 is 10.6 Å². The molecule has 6 aliphatic rings. The molecule has 2 aliphatic heterocycles. The summed E-state index contributed by atoms with van der Waals surface area (Å²) in [4.78, 5) is 18.4. The van der Waals surface area contributed by atoms with Crippen LogP contribution in [0, 0.1) is 23.7 Å². The first kappa shape index (κ1) is 22.2. The average Bonchev–Trinajstić information content (AvgIpc) is 3.15. The summed E-state index contributed by atoms with van der Waals surface area (Å²) < 4.78 is 0. The van der Waals surface area contributed by atoms with Crippen molar-refractivity contribution >= 4 is 5.91 Å². The van der Waals surface area contributed by atoms with E-state index in [0.29, 0.717) is 12.1 Å². The predicted octanol–water partition coefficient (Wildman–Crippen LogP) is 3.24. The van der Waals surface area contributed by atoms with E-state index in [4.69, 9.17) is 0 Å². The number of likely N-dealkylation sites (tertiary alicyclic amines) is 2. The molecule has 0 unspecified atom stereocenters. The second-order valence-corrected chi connectivity index (χ2v) is 12.0. The molecule has 2 atom stereocenters. The SMILES string of the molecule is CCCN1CCC(N2C[C@H](NC3C4CC5CC(C4)CC3C5)C[C@H]2C(=O)NC(C)C)CC1. The fraction of sp³-hybridized carbons (Fsp3) is 0.962. The summed E-state index contributed by atoms with van der Waals surface area (Å²) in [7, 11) is 0. The fourth-order valence-electron chi connectivity index (χ4n) is 8.28. The Hall–Kier alpha value is -0.650. The molecule has 2 saturated heterocycles. The number of hydrogen-bond acceptors (Lipinski definition) is 4. The van der Waals surface area contributed by atoms with Crippen LogP contribution in [0.1, 0.15) is 78.6 Å². The Morgan fingerprint density at radius 1 is 0.968 bits per heavy atom. The molecule has 0 radical (unpaired) electrons. The highest BCUT2D eigenvalue weighted by atomic mass is 16.2. The van der Waals surface area contributed by atoms with E-state index in [1.54, 1.807) is 0 Å². The molecule has 0 spiro atoms. The lowest BCUT2D eigenvalue weighted by Crippen LogP contribution is -2.57. The number of carbonyl (C=O) groups is 1. The van der Waals surface area contributed by atoms with E-state index in [2.05, 4.69) is 41.2 Å². The number of piperidine rings is 1. The maximum absolute atomic E-state index is 13.2. The van der Waals surface area contributed by atoms with E-state index in [0.717, 1.165) is 42.7 Å². The smallest absolute Gasteiger partial charge is 0.237 e. The highest BCUT2D eigenvalue weighted by Crippen LogP contribution is 2.54. The van der Waals surface area contributed by atoms with Crippen molar-refractivity contribution in [1.82, 2.24) is 20.4 Å². The van der Waals surface area contributed by atoms with Gasteiger partial charge in [0.1, 0.15) is 0 Å². The van der Waals surface area contributed by atoms with Crippen LogP contribution in [0.4, 0.5) is 0 Å². The lowest BCUT2D eigenvalue weighted by Gasteiger charge is -2.55. The van der Waals surface area contributed by atoms with Gasteiger partial charge in [-0.3, -0.25) is 9.69 Å². The Bertz CT molecular complexity index is 601. The van der Waals surface area contributed by atoms with Gasteiger partial charge in [0.15, 0.2) is 0 Å². The minimum atomic E-state index is 0.0551. The van der Waals surface area contributed by atoms with Gasteiger partial charge in [-0.2, -0.15) is 0 Å². The zero-order chi connectivity index (χ0) is 21.5. The Balaban J connectivity index is 1.24. The van der Waals surface area contributed by atoms with Crippen molar-refractivity contribution in [3.8, 4) is 0 Å². The van der Waals surface area contributed by atoms with Gasteiger partial charge in [-0.1, -0.05) is 6.92 Å². The molecular weight excluding hydrogens is 384 g/mol. The van der Waals surface area contributed by atoms with E-state index in [1.165, 1.54) is 71.0 Å². The van der Waals surface area contributed by atoms with Crippen LogP contribution in [0.2, 0.25) is 0 Å². The van der Waals surface area contributed by atoms with Gasteiger partial charge in [0.25, 0.3) is 0 Å². The van der Waals surface area contributed by atoms with E-state index >= 15 is 0 Å². The Morgan fingerprint density at radius 2 is 1.61 bits per heavy atom. The summed E-state index contributed by atoms with van der Waals surface area (Å²) in [5.74, 6) is 4.13. The molecule has 2 N–H and O–H groups in total.